The molecule has 1 aromatic heterocycles. The Balaban J connectivity index is 1.76. The van der Waals surface area contributed by atoms with Crippen molar-refractivity contribution in [3.05, 3.63) is 29.1 Å². The highest BCUT2D eigenvalue weighted by Crippen LogP contribution is 2.33. The van der Waals surface area contributed by atoms with E-state index in [1.807, 2.05) is 6.92 Å². The summed E-state index contributed by atoms with van der Waals surface area (Å²) in [6.45, 7) is 6.46. The second-order valence-electron chi connectivity index (χ2n) is 6.33. The molecule has 0 radical (unpaired) electrons. The number of methoxy groups -OCH3 is 1. The van der Waals surface area contributed by atoms with Gasteiger partial charge in [0.05, 0.1) is 19.3 Å². The van der Waals surface area contributed by atoms with Crippen LogP contribution in [-0.4, -0.2) is 48.3 Å². The molecule has 0 amide bonds. The Morgan fingerprint density at radius 3 is 2.70 bits per heavy atom. The van der Waals surface area contributed by atoms with Crippen LogP contribution in [0.5, 0.6) is 0 Å². The van der Waals surface area contributed by atoms with Crippen LogP contribution in [0.25, 0.3) is 0 Å². The fourth-order valence-electron chi connectivity index (χ4n) is 3.26. The SMILES string of the molecule is COC(=O)c1cc(C)nc(N2CCC3(C=C(C)CCO3)CC2)n1. The van der Waals surface area contributed by atoms with Gasteiger partial charge in [0.15, 0.2) is 5.69 Å². The van der Waals surface area contributed by atoms with Crippen molar-refractivity contribution < 1.29 is 14.3 Å². The number of aryl methyl sites for hydroxylation is 1. The van der Waals surface area contributed by atoms with Crippen LogP contribution < -0.4 is 4.90 Å². The maximum atomic E-state index is 11.7. The van der Waals surface area contributed by atoms with Gasteiger partial charge in [-0.25, -0.2) is 14.8 Å². The van der Waals surface area contributed by atoms with Gasteiger partial charge in [0, 0.05) is 18.8 Å². The maximum Gasteiger partial charge on any atom is 0.356 e. The Morgan fingerprint density at radius 2 is 2.04 bits per heavy atom. The van der Waals surface area contributed by atoms with Crippen LogP contribution in [0.2, 0.25) is 0 Å². The number of ether oxygens (including phenoxy) is 2. The highest BCUT2D eigenvalue weighted by Gasteiger charge is 2.36. The first-order valence-corrected chi connectivity index (χ1v) is 8.03. The summed E-state index contributed by atoms with van der Waals surface area (Å²) in [6.07, 6.45) is 5.13. The molecule has 1 saturated heterocycles. The third-order valence-corrected chi connectivity index (χ3v) is 4.52. The zero-order valence-corrected chi connectivity index (χ0v) is 14.0. The van der Waals surface area contributed by atoms with Crippen LogP contribution >= 0.6 is 0 Å². The first-order valence-electron chi connectivity index (χ1n) is 8.03. The van der Waals surface area contributed by atoms with Crippen molar-refractivity contribution in [2.45, 2.75) is 38.7 Å². The van der Waals surface area contributed by atoms with Gasteiger partial charge in [0.2, 0.25) is 5.95 Å². The molecule has 2 aliphatic heterocycles. The third kappa shape index (κ3) is 3.37. The van der Waals surface area contributed by atoms with Crippen molar-refractivity contribution in [1.29, 1.82) is 0 Å². The van der Waals surface area contributed by atoms with Crippen molar-refractivity contribution in [3.63, 3.8) is 0 Å². The van der Waals surface area contributed by atoms with Gasteiger partial charge < -0.3 is 14.4 Å². The summed E-state index contributed by atoms with van der Waals surface area (Å²) in [5, 5.41) is 0. The molecule has 6 nitrogen and oxygen atoms in total. The van der Waals surface area contributed by atoms with E-state index in [1.54, 1.807) is 6.07 Å². The largest absolute Gasteiger partial charge is 0.464 e. The van der Waals surface area contributed by atoms with Crippen molar-refractivity contribution in [2.24, 2.45) is 0 Å². The first kappa shape index (κ1) is 15.9. The summed E-state index contributed by atoms with van der Waals surface area (Å²) in [7, 11) is 1.36. The lowest BCUT2D eigenvalue weighted by atomic mass is 9.87. The Bertz CT molecular complexity index is 634. The average molecular weight is 317 g/mol. The predicted molar refractivity (Wildman–Crippen MR) is 86.6 cm³/mol. The standard InChI is InChI=1S/C17H23N3O3/c1-12-4-9-23-17(11-12)5-7-20(8-6-17)16-18-13(2)10-14(19-16)15(21)22-3/h10-11H,4-9H2,1-3H3. The zero-order valence-electron chi connectivity index (χ0n) is 14.0. The van der Waals surface area contributed by atoms with E-state index in [1.165, 1.54) is 12.7 Å². The quantitative estimate of drug-likeness (QED) is 0.616. The number of hydrogen-bond acceptors (Lipinski definition) is 6. The monoisotopic (exact) mass is 317 g/mol. The molecule has 0 saturated carbocycles. The molecule has 0 atom stereocenters. The number of hydrogen-bond donors (Lipinski definition) is 0. The number of esters is 1. The van der Waals surface area contributed by atoms with Crippen LogP contribution in [0.4, 0.5) is 5.95 Å². The third-order valence-electron chi connectivity index (χ3n) is 4.52. The van der Waals surface area contributed by atoms with Gasteiger partial charge >= 0.3 is 5.97 Å². The molecule has 0 bridgehead atoms. The minimum absolute atomic E-state index is 0.131. The van der Waals surface area contributed by atoms with Gasteiger partial charge in [-0.05, 0) is 39.2 Å². The number of anilines is 1. The second kappa shape index (κ2) is 6.28. The summed E-state index contributed by atoms with van der Waals surface area (Å²) in [4.78, 5) is 22.7. The summed E-state index contributed by atoms with van der Waals surface area (Å²) in [5.74, 6) is 0.163. The fourth-order valence-corrected chi connectivity index (χ4v) is 3.26. The molecular weight excluding hydrogens is 294 g/mol. The Morgan fingerprint density at radius 1 is 1.30 bits per heavy atom. The minimum atomic E-state index is -0.431. The molecule has 1 spiro atoms. The highest BCUT2D eigenvalue weighted by molar-refractivity contribution is 5.87. The number of carbonyl (C=O) groups is 1. The molecule has 1 aromatic rings. The average Bonchev–Trinajstić information content (AvgIpc) is 2.54. The number of rotatable bonds is 2. The molecule has 23 heavy (non-hydrogen) atoms. The van der Waals surface area contributed by atoms with E-state index in [-0.39, 0.29) is 5.60 Å². The highest BCUT2D eigenvalue weighted by atomic mass is 16.5. The second-order valence-corrected chi connectivity index (χ2v) is 6.33. The predicted octanol–water partition coefficient (Wildman–Crippen LogP) is 2.28. The van der Waals surface area contributed by atoms with Gasteiger partial charge in [0.1, 0.15) is 0 Å². The zero-order chi connectivity index (χ0) is 16.4. The van der Waals surface area contributed by atoms with Gasteiger partial charge in [-0.2, -0.15) is 0 Å². The van der Waals surface area contributed by atoms with Crippen LogP contribution in [0, 0.1) is 6.92 Å². The van der Waals surface area contributed by atoms with E-state index in [2.05, 4.69) is 27.9 Å². The molecule has 2 aliphatic rings. The molecule has 1 fully saturated rings. The number of piperidine rings is 1. The molecule has 0 aliphatic carbocycles. The topological polar surface area (TPSA) is 64.5 Å². The van der Waals surface area contributed by atoms with Crippen LogP contribution in [0.15, 0.2) is 17.7 Å². The number of nitrogens with zero attached hydrogens (tertiary/aromatic N) is 3. The lowest BCUT2D eigenvalue weighted by Crippen LogP contribution is -2.47. The smallest absolute Gasteiger partial charge is 0.356 e. The molecule has 0 unspecified atom stereocenters. The first-order chi connectivity index (χ1) is 11.0. The molecule has 0 aromatic carbocycles. The van der Waals surface area contributed by atoms with E-state index >= 15 is 0 Å². The summed E-state index contributed by atoms with van der Waals surface area (Å²) in [6, 6.07) is 1.65. The maximum absolute atomic E-state index is 11.7. The van der Waals surface area contributed by atoms with Gasteiger partial charge in [-0.1, -0.05) is 11.6 Å². The minimum Gasteiger partial charge on any atom is -0.464 e. The van der Waals surface area contributed by atoms with E-state index in [9.17, 15) is 4.79 Å². The fraction of sp³-hybridized carbons (Fsp3) is 0.588. The van der Waals surface area contributed by atoms with E-state index in [0.29, 0.717) is 11.6 Å². The van der Waals surface area contributed by atoms with Crippen LogP contribution in [0.3, 0.4) is 0 Å². The molecule has 6 heteroatoms. The number of aromatic nitrogens is 2. The lowest BCUT2D eigenvalue weighted by Gasteiger charge is -2.42. The summed E-state index contributed by atoms with van der Waals surface area (Å²) < 4.78 is 10.8. The van der Waals surface area contributed by atoms with Crippen LogP contribution in [-0.2, 0) is 9.47 Å². The summed E-state index contributed by atoms with van der Waals surface area (Å²) >= 11 is 0. The normalized spacial score (nSPS) is 20.3. The van der Waals surface area contributed by atoms with E-state index in [4.69, 9.17) is 9.47 Å². The molecule has 0 N–H and O–H groups in total. The van der Waals surface area contributed by atoms with Crippen molar-refractivity contribution in [2.75, 3.05) is 31.7 Å². The van der Waals surface area contributed by atoms with Crippen molar-refractivity contribution >= 4 is 11.9 Å². The lowest BCUT2D eigenvalue weighted by molar-refractivity contribution is -0.0327. The number of carbonyl (C=O) groups excluding carboxylic acids is 1. The molecule has 3 heterocycles. The Hall–Kier alpha value is -1.95. The van der Waals surface area contributed by atoms with Gasteiger partial charge in [-0.15, -0.1) is 0 Å². The van der Waals surface area contributed by atoms with Gasteiger partial charge in [-0.3, -0.25) is 0 Å². The molecule has 124 valence electrons. The molecular formula is C17H23N3O3. The van der Waals surface area contributed by atoms with E-state index in [0.717, 1.165) is 44.7 Å². The van der Waals surface area contributed by atoms with Crippen LogP contribution in [0.1, 0.15) is 42.4 Å². The van der Waals surface area contributed by atoms with Crippen molar-refractivity contribution in [1.82, 2.24) is 9.97 Å². The van der Waals surface area contributed by atoms with Gasteiger partial charge in [0.25, 0.3) is 0 Å². The summed E-state index contributed by atoms with van der Waals surface area (Å²) in [5.41, 5.74) is 2.35. The van der Waals surface area contributed by atoms with Crippen molar-refractivity contribution in [3.8, 4) is 0 Å². The Kier molecular flexibility index (Phi) is 4.35. The Labute approximate surface area is 136 Å². The van der Waals surface area contributed by atoms with E-state index < -0.39 is 5.97 Å². The molecule has 3 rings (SSSR count).